The molecule has 112 valence electrons. The van der Waals surface area contributed by atoms with E-state index in [9.17, 15) is 4.79 Å². The van der Waals surface area contributed by atoms with E-state index in [0.717, 1.165) is 17.8 Å². The fraction of sp³-hybridized carbons (Fsp3) is 0.429. The van der Waals surface area contributed by atoms with Crippen molar-refractivity contribution in [3.05, 3.63) is 42.2 Å². The molecule has 0 fully saturated rings. The number of hydrogen-bond donors (Lipinski definition) is 1. The summed E-state index contributed by atoms with van der Waals surface area (Å²) in [5.41, 5.74) is 2.01. The lowest BCUT2D eigenvalue weighted by atomic mass is 10.2. The lowest BCUT2D eigenvalue weighted by Crippen LogP contribution is -2.22. The molecule has 2 heterocycles. The lowest BCUT2D eigenvalue weighted by Gasteiger charge is -2.23. The number of carbonyl (C=O) groups is 1. The van der Waals surface area contributed by atoms with Gasteiger partial charge < -0.3 is 5.11 Å². The number of aryl methyl sites for hydroxylation is 1. The fourth-order valence-electron chi connectivity index (χ4n) is 2.02. The van der Waals surface area contributed by atoms with Crippen LogP contribution >= 0.6 is 0 Å². The third kappa shape index (κ3) is 4.35. The molecule has 0 saturated heterocycles. The van der Waals surface area contributed by atoms with Gasteiger partial charge in [-0.05, 0) is 20.0 Å². The molecule has 0 amide bonds. The van der Waals surface area contributed by atoms with E-state index < -0.39 is 5.97 Å². The number of carboxylic acids is 1. The quantitative estimate of drug-likeness (QED) is 0.828. The minimum Gasteiger partial charge on any atom is -0.481 e. The maximum Gasteiger partial charge on any atom is 0.305 e. The van der Waals surface area contributed by atoms with Crippen LogP contribution in [0.4, 0.5) is 0 Å². The van der Waals surface area contributed by atoms with Crippen LogP contribution in [0.15, 0.2) is 31.0 Å². The van der Waals surface area contributed by atoms with E-state index >= 15 is 0 Å². The lowest BCUT2D eigenvalue weighted by molar-refractivity contribution is -0.137. The fourth-order valence-corrected chi connectivity index (χ4v) is 2.02. The first-order chi connectivity index (χ1) is 10.1. The molecular weight excluding hydrogens is 270 g/mol. The van der Waals surface area contributed by atoms with Crippen molar-refractivity contribution in [2.45, 2.75) is 32.5 Å². The van der Waals surface area contributed by atoms with Gasteiger partial charge >= 0.3 is 5.97 Å². The highest BCUT2D eigenvalue weighted by Gasteiger charge is 2.14. The molecule has 0 aliphatic rings. The first-order valence-corrected chi connectivity index (χ1v) is 6.75. The Bertz CT molecular complexity index is 584. The Morgan fingerprint density at radius 3 is 3.00 bits per heavy atom. The predicted molar refractivity (Wildman–Crippen MR) is 76.4 cm³/mol. The molecule has 0 radical (unpaired) electrons. The molecule has 2 aromatic rings. The molecule has 2 aromatic heterocycles. The molecule has 0 aliphatic carbocycles. The van der Waals surface area contributed by atoms with Gasteiger partial charge in [0.05, 0.1) is 24.9 Å². The number of rotatable bonds is 7. The van der Waals surface area contributed by atoms with Crippen molar-refractivity contribution in [3.63, 3.8) is 0 Å². The number of aromatic nitrogens is 4. The summed E-state index contributed by atoms with van der Waals surface area (Å²) < 4.78 is 1.66. The Hall–Kier alpha value is -2.28. The Morgan fingerprint density at radius 2 is 2.33 bits per heavy atom. The van der Waals surface area contributed by atoms with Crippen LogP contribution in [0.3, 0.4) is 0 Å². The molecule has 1 atom stereocenters. The van der Waals surface area contributed by atoms with E-state index in [0.29, 0.717) is 6.54 Å². The highest BCUT2D eigenvalue weighted by Crippen LogP contribution is 2.17. The first kappa shape index (κ1) is 15.1. The number of hydrogen-bond acceptors (Lipinski definition) is 5. The molecule has 1 N–H and O–H groups in total. The Morgan fingerprint density at radius 1 is 1.52 bits per heavy atom. The van der Waals surface area contributed by atoms with Crippen LogP contribution in [0.1, 0.15) is 30.6 Å². The summed E-state index contributed by atoms with van der Waals surface area (Å²) in [6.07, 6.45) is 7.01. The summed E-state index contributed by atoms with van der Waals surface area (Å²) in [4.78, 5) is 20.9. The summed E-state index contributed by atoms with van der Waals surface area (Å²) in [5, 5.41) is 12.8. The minimum absolute atomic E-state index is 0.0777. The van der Waals surface area contributed by atoms with Gasteiger partial charge in [-0.2, -0.15) is 5.10 Å². The Labute approximate surface area is 123 Å². The smallest absolute Gasteiger partial charge is 0.305 e. The first-order valence-electron chi connectivity index (χ1n) is 6.75. The topological polar surface area (TPSA) is 84.1 Å². The molecule has 0 spiro atoms. The van der Waals surface area contributed by atoms with E-state index in [1.165, 1.54) is 0 Å². The Kier molecular flexibility index (Phi) is 4.99. The summed E-state index contributed by atoms with van der Waals surface area (Å²) in [6, 6.07) is 2.06. The van der Waals surface area contributed by atoms with E-state index in [2.05, 4.69) is 26.9 Å². The van der Waals surface area contributed by atoms with Gasteiger partial charge in [0.1, 0.15) is 6.33 Å². The van der Waals surface area contributed by atoms with Crippen molar-refractivity contribution in [1.29, 1.82) is 0 Å². The second kappa shape index (κ2) is 6.94. The van der Waals surface area contributed by atoms with E-state index in [-0.39, 0.29) is 12.5 Å². The van der Waals surface area contributed by atoms with Crippen molar-refractivity contribution in [2.24, 2.45) is 0 Å². The van der Waals surface area contributed by atoms with Crippen molar-refractivity contribution >= 4 is 5.97 Å². The van der Waals surface area contributed by atoms with Crippen LogP contribution in [0.2, 0.25) is 0 Å². The van der Waals surface area contributed by atoms with Crippen molar-refractivity contribution in [1.82, 2.24) is 24.6 Å². The predicted octanol–water partition coefficient (Wildman–Crippen LogP) is 1.34. The maximum absolute atomic E-state index is 10.5. The van der Waals surface area contributed by atoms with Gasteiger partial charge in [-0.3, -0.25) is 14.4 Å². The highest BCUT2D eigenvalue weighted by atomic mass is 16.4. The van der Waals surface area contributed by atoms with Crippen LogP contribution in [-0.2, 0) is 17.9 Å². The SMILES string of the molecule is CC(c1ccncn1)N(C)Cc1cnn(CCC(=O)O)c1. The van der Waals surface area contributed by atoms with Crippen molar-refractivity contribution < 1.29 is 9.90 Å². The van der Waals surface area contributed by atoms with Gasteiger partial charge in [-0.1, -0.05) is 0 Å². The summed E-state index contributed by atoms with van der Waals surface area (Å²) in [5.74, 6) is -0.818. The molecule has 7 heteroatoms. The van der Waals surface area contributed by atoms with Crippen molar-refractivity contribution in [3.8, 4) is 0 Å². The van der Waals surface area contributed by atoms with Gasteiger partial charge in [-0.15, -0.1) is 0 Å². The van der Waals surface area contributed by atoms with Gasteiger partial charge in [0.25, 0.3) is 0 Å². The number of carboxylic acid groups (broad SMARTS) is 1. The van der Waals surface area contributed by atoms with Crippen LogP contribution < -0.4 is 0 Å². The molecule has 0 saturated carbocycles. The zero-order valence-electron chi connectivity index (χ0n) is 12.2. The summed E-state index contributed by atoms with van der Waals surface area (Å²) in [7, 11) is 2.02. The number of aliphatic carboxylic acids is 1. The minimum atomic E-state index is -0.818. The van der Waals surface area contributed by atoms with Gasteiger partial charge in [-0.25, -0.2) is 9.97 Å². The average Bonchev–Trinajstić information content (AvgIpc) is 2.92. The van der Waals surface area contributed by atoms with Crippen LogP contribution in [0.25, 0.3) is 0 Å². The monoisotopic (exact) mass is 289 g/mol. The second-order valence-corrected chi connectivity index (χ2v) is 4.98. The van der Waals surface area contributed by atoms with Gasteiger partial charge in [0.15, 0.2) is 0 Å². The largest absolute Gasteiger partial charge is 0.481 e. The molecule has 21 heavy (non-hydrogen) atoms. The van der Waals surface area contributed by atoms with Crippen LogP contribution in [0, 0.1) is 0 Å². The molecule has 1 unspecified atom stereocenters. The average molecular weight is 289 g/mol. The normalized spacial score (nSPS) is 12.5. The molecule has 0 bridgehead atoms. The van der Waals surface area contributed by atoms with Crippen LogP contribution in [-0.4, -0.2) is 42.8 Å². The molecule has 2 rings (SSSR count). The molecule has 7 nitrogen and oxygen atoms in total. The third-order valence-corrected chi connectivity index (χ3v) is 3.37. The van der Waals surface area contributed by atoms with Gasteiger partial charge in [0, 0.05) is 30.5 Å². The number of nitrogens with zero attached hydrogens (tertiary/aromatic N) is 5. The summed E-state index contributed by atoms with van der Waals surface area (Å²) >= 11 is 0. The zero-order chi connectivity index (χ0) is 15.2. The van der Waals surface area contributed by atoms with E-state index in [4.69, 9.17) is 5.11 Å². The van der Waals surface area contributed by atoms with Crippen LogP contribution in [0.5, 0.6) is 0 Å². The third-order valence-electron chi connectivity index (χ3n) is 3.37. The van der Waals surface area contributed by atoms with E-state index in [1.807, 2.05) is 19.3 Å². The summed E-state index contributed by atoms with van der Waals surface area (Å²) in [6.45, 7) is 3.19. The molecule has 0 aliphatic heterocycles. The highest BCUT2D eigenvalue weighted by molar-refractivity contribution is 5.66. The standard InChI is InChI=1S/C14H19N5O2/c1-11(13-3-5-15-10-16-13)18(2)8-12-7-17-19(9-12)6-4-14(20)21/h3,5,7,9-11H,4,6,8H2,1-2H3,(H,20,21). The second-order valence-electron chi connectivity index (χ2n) is 4.98. The van der Waals surface area contributed by atoms with Gasteiger partial charge in [0.2, 0.25) is 0 Å². The Balaban J connectivity index is 1.93. The van der Waals surface area contributed by atoms with Crippen molar-refractivity contribution in [2.75, 3.05) is 7.05 Å². The molecular formula is C14H19N5O2. The maximum atomic E-state index is 10.5. The molecule has 0 aromatic carbocycles. The van der Waals surface area contributed by atoms with E-state index in [1.54, 1.807) is 23.4 Å². The zero-order valence-corrected chi connectivity index (χ0v) is 12.2.